The van der Waals surface area contributed by atoms with Crippen molar-refractivity contribution in [2.45, 2.75) is 24.9 Å². The van der Waals surface area contributed by atoms with Gasteiger partial charge in [-0.1, -0.05) is 12.1 Å². The lowest BCUT2D eigenvalue weighted by atomic mass is 10.1. The number of anilines is 1. The molecule has 0 heterocycles. The third kappa shape index (κ3) is 3.61. The van der Waals surface area contributed by atoms with Crippen LogP contribution in [0.25, 0.3) is 0 Å². The van der Waals surface area contributed by atoms with Gasteiger partial charge in [0.05, 0.1) is 0 Å². The molecule has 5 heteroatoms. The lowest BCUT2D eigenvalue weighted by molar-refractivity contribution is -0.122. The first kappa shape index (κ1) is 14.5. The van der Waals surface area contributed by atoms with Crippen LogP contribution in [0.5, 0.6) is 0 Å². The number of rotatable bonds is 5. The normalized spacial score (nSPS) is 15.2. The summed E-state index contributed by atoms with van der Waals surface area (Å²) in [4.78, 5) is 12.4. The Balaban J connectivity index is 1.82. The summed E-state index contributed by atoms with van der Waals surface area (Å²) < 4.78 is 26.1. The molecule has 3 nitrogen and oxygen atoms in total. The fraction of sp³-hybridized carbons (Fsp3) is 0.235. The fourth-order valence-corrected chi connectivity index (χ4v) is 2.18. The fourth-order valence-electron chi connectivity index (χ4n) is 2.18. The highest BCUT2D eigenvalue weighted by atomic mass is 19.1. The summed E-state index contributed by atoms with van der Waals surface area (Å²) in [6, 6.07) is 11.1. The molecule has 1 amide bonds. The molecule has 2 aromatic carbocycles. The zero-order chi connectivity index (χ0) is 15.5. The van der Waals surface area contributed by atoms with Crippen LogP contribution in [-0.4, -0.2) is 11.9 Å². The average Bonchev–Trinajstić information content (AvgIpc) is 3.31. The van der Waals surface area contributed by atoms with Crippen LogP contribution in [0.2, 0.25) is 0 Å². The zero-order valence-corrected chi connectivity index (χ0v) is 11.9. The van der Waals surface area contributed by atoms with Gasteiger partial charge in [-0.3, -0.25) is 4.79 Å². The van der Waals surface area contributed by atoms with E-state index < -0.39 is 6.04 Å². The van der Waals surface area contributed by atoms with Crippen LogP contribution in [0.4, 0.5) is 14.5 Å². The molecule has 0 saturated heterocycles. The maximum absolute atomic E-state index is 13.1. The van der Waals surface area contributed by atoms with Gasteiger partial charge in [-0.2, -0.15) is 0 Å². The Morgan fingerprint density at radius 2 is 1.50 bits per heavy atom. The van der Waals surface area contributed by atoms with E-state index in [0.29, 0.717) is 11.3 Å². The molecule has 0 bridgehead atoms. The smallest absolute Gasteiger partial charge is 0.247 e. The third-order valence-electron chi connectivity index (χ3n) is 3.54. The number of halogens is 2. The number of amides is 1. The summed E-state index contributed by atoms with van der Waals surface area (Å²) in [6.45, 7) is 0. The van der Waals surface area contributed by atoms with Gasteiger partial charge < -0.3 is 10.6 Å². The predicted octanol–water partition coefficient (Wildman–Crippen LogP) is 3.40. The van der Waals surface area contributed by atoms with Crippen molar-refractivity contribution in [3.63, 3.8) is 0 Å². The van der Waals surface area contributed by atoms with E-state index in [9.17, 15) is 13.6 Å². The Morgan fingerprint density at radius 3 is 2.05 bits per heavy atom. The van der Waals surface area contributed by atoms with Crippen molar-refractivity contribution in [2.75, 3.05) is 5.32 Å². The van der Waals surface area contributed by atoms with Crippen LogP contribution in [0.1, 0.15) is 24.4 Å². The molecule has 0 unspecified atom stereocenters. The number of carbonyl (C=O) groups excluding carboxylic acids is 1. The summed E-state index contributed by atoms with van der Waals surface area (Å²) >= 11 is 0. The summed E-state index contributed by atoms with van der Waals surface area (Å²) in [5, 5.41) is 6.00. The van der Waals surface area contributed by atoms with Gasteiger partial charge in [-0.25, -0.2) is 8.78 Å². The molecule has 0 aliphatic heterocycles. The molecule has 1 aliphatic rings. The Labute approximate surface area is 127 Å². The van der Waals surface area contributed by atoms with Crippen molar-refractivity contribution in [3.05, 3.63) is 65.7 Å². The van der Waals surface area contributed by atoms with Gasteiger partial charge in [0.25, 0.3) is 0 Å². The summed E-state index contributed by atoms with van der Waals surface area (Å²) in [6.07, 6.45) is 1.97. The van der Waals surface area contributed by atoms with Crippen LogP contribution < -0.4 is 10.6 Å². The molecule has 1 atom stereocenters. The maximum Gasteiger partial charge on any atom is 0.247 e. The molecule has 1 aliphatic carbocycles. The van der Waals surface area contributed by atoms with Gasteiger partial charge in [0.15, 0.2) is 0 Å². The van der Waals surface area contributed by atoms with Crippen LogP contribution in [0.3, 0.4) is 0 Å². The zero-order valence-electron chi connectivity index (χ0n) is 11.9. The second-order valence-corrected chi connectivity index (χ2v) is 5.42. The standard InChI is InChI=1S/C17H16F2N2O/c18-12-3-1-11(2-4-12)16(17(22)21-15-9-10-15)20-14-7-5-13(19)6-8-14/h1-8,15-16,20H,9-10H2,(H,21,22)/t16-/m1/s1. The first-order valence-corrected chi connectivity index (χ1v) is 7.20. The third-order valence-corrected chi connectivity index (χ3v) is 3.54. The van der Waals surface area contributed by atoms with Crippen molar-refractivity contribution in [1.29, 1.82) is 0 Å². The number of benzene rings is 2. The molecular formula is C17H16F2N2O. The van der Waals surface area contributed by atoms with Crippen molar-refractivity contribution in [3.8, 4) is 0 Å². The first-order valence-electron chi connectivity index (χ1n) is 7.20. The average molecular weight is 302 g/mol. The van der Waals surface area contributed by atoms with Crippen LogP contribution >= 0.6 is 0 Å². The Bertz CT molecular complexity index is 651. The Hall–Kier alpha value is -2.43. The highest BCUT2D eigenvalue weighted by Crippen LogP contribution is 2.24. The number of hydrogen-bond donors (Lipinski definition) is 2. The quantitative estimate of drug-likeness (QED) is 0.889. The highest BCUT2D eigenvalue weighted by Gasteiger charge is 2.28. The van der Waals surface area contributed by atoms with E-state index >= 15 is 0 Å². The van der Waals surface area contributed by atoms with Gasteiger partial charge in [-0.05, 0) is 54.8 Å². The van der Waals surface area contributed by atoms with E-state index in [1.54, 1.807) is 24.3 Å². The van der Waals surface area contributed by atoms with Crippen LogP contribution in [-0.2, 0) is 4.79 Å². The van der Waals surface area contributed by atoms with Crippen LogP contribution in [0, 0.1) is 11.6 Å². The highest BCUT2D eigenvalue weighted by molar-refractivity contribution is 5.86. The largest absolute Gasteiger partial charge is 0.370 e. The van der Waals surface area contributed by atoms with Crippen molar-refractivity contribution in [2.24, 2.45) is 0 Å². The monoisotopic (exact) mass is 302 g/mol. The van der Waals surface area contributed by atoms with Gasteiger partial charge in [0.2, 0.25) is 5.91 Å². The van der Waals surface area contributed by atoms with E-state index in [4.69, 9.17) is 0 Å². The molecule has 0 aromatic heterocycles. The van der Waals surface area contributed by atoms with Crippen molar-refractivity contribution in [1.82, 2.24) is 5.32 Å². The Morgan fingerprint density at radius 1 is 0.955 bits per heavy atom. The molecule has 2 aromatic rings. The van der Waals surface area contributed by atoms with Crippen molar-refractivity contribution < 1.29 is 13.6 Å². The summed E-state index contributed by atoms with van der Waals surface area (Å²) in [5.74, 6) is -0.864. The van der Waals surface area contributed by atoms with Crippen molar-refractivity contribution >= 4 is 11.6 Å². The Kier molecular flexibility index (Phi) is 4.04. The van der Waals surface area contributed by atoms with E-state index in [2.05, 4.69) is 10.6 Å². The second-order valence-electron chi connectivity index (χ2n) is 5.42. The lowest BCUT2D eigenvalue weighted by Crippen LogP contribution is -2.34. The molecule has 0 radical (unpaired) electrons. The predicted molar refractivity (Wildman–Crippen MR) is 80.3 cm³/mol. The number of hydrogen-bond acceptors (Lipinski definition) is 2. The lowest BCUT2D eigenvalue weighted by Gasteiger charge is -2.20. The minimum Gasteiger partial charge on any atom is -0.370 e. The summed E-state index contributed by atoms with van der Waals surface area (Å²) in [7, 11) is 0. The SMILES string of the molecule is O=C(NC1CC1)[C@H](Nc1ccc(F)cc1)c1ccc(F)cc1. The molecule has 1 saturated carbocycles. The number of nitrogens with one attached hydrogen (secondary N) is 2. The minimum absolute atomic E-state index is 0.168. The molecule has 2 N–H and O–H groups in total. The van der Waals surface area contributed by atoms with Gasteiger partial charge in [-0.15, -0.1) is 0 Å². The van der Waals surface area contributed by atoms with E-state index in [1.165, 1.54) is 24.3 Å². The van der Waals surface area contributed by atoms with E-state index in [0.717, 1.165) is 12.8 Å². The number of carbonyl (C=O) groups is 1. The minimum atomic E-state index is -0.647. The second kappa shape index (κ2) is 6.13. The molecule has 1 fully saturated rings. The molecule has 0 spiro atoms. The first-order chi connectivity index (χ1) is 10.6. The van der Waals surface area contributed by atoms with Crippen LogP contribution in [0.15, 0.2) is 48.5 Å². The van der Waals surface area contributed by atoms with Gasteiger partial charge in [0.1, 0.15) is 17.7 Å². The molecular weight excluding hydrogens is 286 g/mol. The van der Waals surface area contributed by atoms with E-state index in [1.807, 2.05) is 0 Å². The van der Waals surface area contributed by atoms with Gasteiger partial charge in [0, 0.05) is 11.7 Å². The maximum atomic E-state index is 13.1. The van der Waals surface area contributed by atoms with E-state index in [-0.39, 0.29) is 23.6 Å². The topological polar surface area (TPSA) is 41.1 Å². The summed E-state index contributed by atoms with van der Waals surface area (Å²) in [5.41, 5.74) is 1.28. The molecule has 22 heavy (non-hydrogen) atoms. The van der Waals surface area contributed by atoms with Gasteiger partial charge >= 0.3 is 0 Å². The molecule has 3 rings (SSSR count). The molecule has 114 valence electrons.